The number of amides is 1. The van der Waals surface area contributed by atoms with Crippen molar-refractivity contribution >= 4 is 33.2 Å². The minimum Gasteiger partial charge on any atom is -0.490 e. The van der Waals surface area contributed by atoms with Crippen LogP contribution >= 0.6 is 11.6 Å². The Hall–Kier alpha value is -2.67. The molecule has 1 amide bonds. The van der Waals surface area contributed by atoms with Crippen molar-refractivity contribution < 1.29 is 27.4 Å². The number of nitrogens with zero attached hydrogens (tertiary/aromatic N) is 3. The lowest BCUT2D eigenvalue weighted by Crippen LogP contribution is -2.63. The maximum absolute atomic E-state index is 13.7. The van der Waals surface area contributed by atoms with Crippen molar-refractivity contribution in [3.63, 3.8) is 0 Å². The van der Waals surface area contributed by atoms with Crippen molar-refractivity contribution in [1.82, 2.24) is 14.5 Å². The Morgan fingerprint density at radius 1 is 1.07 bits per heavy atom. The number of ether oxygens (including phenoxy) is 3. The first-order chi connectivity index (χ1) is 26.8. The third-order valence-electron chi connectivity index (χ3n) is 13.9. The van der Waals surface area contributed by atoms with Gasteiger partial charge in [-0.3, -0.25) is 14.6 Å². The maximum atomic E-state index is 13.7. The molecule has 1 saturated carbocycles. The molecule has 3 fully saturated rings. The minimum absolute atomic E-state index is 0.229. The summed E-state index contributed by atoms with van der Waals surface area (Å²) in [5.41, 5.74) is 2.87. The van der Waals surface area contributed by atoms with E-state index in [1.807, 2.05) is 25.1 Å². The molecule has 8 rings (SSSR count). The van der Waals surface area contributed by atoms with Crippen LogP contribution in [0.15, 0.2) is 48.6 Å². The molecule has 2 bridgehead atoms. The standard InChI is InChI=1S/C44H61ClN4O6S/c1-30(2)25-55-44(28-47-17-18-48-19-20-53-26-37(48)24-47)16-5-7-31(3)32(4)56(51,52)46-42(50)34-10-14-41-40(22-34)49(23-35-9-12-39(35)44)27-43(29-54-41)15-6-8-33-21-36(45)11-13-38(33)43/h5,10-11,13-14,16,21-22,30-32,35,37,39H,6-9,12,15,17-20,23-29H2,1-4H3,(H,46,50)/b16-5-/t31-,32+,35-,37-,39+,43-,44+/m0/s1. The number of halogens is 1. The minimum atomic E-state index is -3.97. The highest BCUT2D eigenvalue weighted by atomic mass is 35.5. The first-order valence-electron chi connectivity index (χ1n) is 21.1. The number of sulfonamides is 1. The summed E-state index contributed by atoms with van der Waals surface area (Å²) in [5, 5.41) is -0.0373. The summed E-state index contributed by atoms with van der Waals surface area (Å²) in [6, 6.07) is 12.1. The van der Waals surface area contributed by atoms with Gasteiger partial charge in [0.1, 0.15) is 11.4 Å². The molecule has 0 radical (unpaired) electrons. The highest BCUT2D eigenvalue weighted by Gasteiger charge is 2.51. The van der Waals surface area contributed by atoms with Crippen LogP contribution < -0.4 is 14.4 Å². The molecule has 12 heteroatoms. The SMILES string of the molecule is CC(C)CO[C@@]1(CN2CCN3CCOC[C@@H]3C2)/C=C\C[C@H](C)[C@@H](C)S(=O)(=O)NC(=O)c2ccc3c(c2)N(C[C@@H]2CC[C@H]21)C[C@@]1(CCCc2cc(Cl)ccc21)CO3. The molecule has 2 aromatic rings. The zero-order chi connectivity index (χ0) is 39.2. The monoisotopic (exact) mass is 808 g/mol. The number of carbonyl (C=O) groups is 1. The Bertz CT molecular complexity index is 1910. The average Bonchev–Trinajstić information content (AvgIpc) is 3.31. The fourth-order valence-corrected chi connectivity index (χ4v) is 11.8. The van der Waals surface area contributed by atoms with Crippen LogP contribution in [0.2, 0.25) is 5.02 Å². The Kier molecular flexibility index (Phi) is 11.6. The van der Waals surface area contributed by atoms with Crippen molar-refractivity contribution in [1.29, 1.82) is 0 Å². The van der Waals surface area contributed by atoms with Gasteiger partial charge in [0.2, 0.25) is 10.0 Å². The summed E-state index contributed by atoms with van der Waals surface area (Å²) in [6.07, 6.45) is 10.2. The average molecular weight is 810 g/mol. The smallest absolute Gasteiger partial charge is 0.264 e. The molecule has 306 valence electrons. The third kappa shape index (κ3) is 8.02. The fourth-order valence-electron chi connectivity index (χ4n) is 10.4. The number of aryl methyl sites for hydroxylation is 1. The number of morpholine rings is 1. The van der Waals surface area contributed by atoms with Gasteiger partial charge in [0.05, 0.1) is 37.4 Å². The van der Waals surface area contributed by atoms with Crippen LogP contribution in [0.1, 0.15) is 81.3 Å². The van der Waals surface area contributed by atoms with Gasteiger partial charge >= 0.3 is 0 Å². The first kappa shape index (κ1) is 40.1. The topological polar surface area (TPSA) is 101 Å². The third-order valence-corrected chi connectivity index (χ3v) is 16.1. The summed E-state index contributed by atoms with van der Waals surface area (Å²) >= 11 is 6.54. The zero-order valence-corrected chi connectivity index (χ0v) is 35.3. The van der Waals surface area contributed by atoms with Gasteiger partial charge in [0.25, 0.3) is 5.91 Å². The van der Waals surface area contributed by atoms with E-state index >= 15 is 0 Å². The highest BCUT2D eigenvalue weighted by Crippen LogP contribution is 2.49. The number of piperazine rings is 1. The van der Waals surface area contributed by atoms with E-state index in [0.29, 0.717) is 43.1 Å². The molecule has 56 heavy (non-hydrogen) atoms. The van der Waals surface area contributed by atoms with Gasteiger partial charge in [-0.1, -0.05) is 50.6 Å². The number of fused-ring (bicyclic) bond motifs is 5. The molecule has 0 aromatic heterocycles. The lowest BCUT2D eigenvalue weighted by Gasteiger charge is -2.53. The lowest BCUT2D eigenvalue weighted by atomic mass is 9.63. The van der Waals surface area contributed by atoms with Gasteiger partial charge in [-0.2, -0.15) is 0 Å². The molecule has 4 aliphatic heterocycles. The normalized spacial score (nSPS) is 34.3. The summed E-state index contributed by atoms with van der Waals surface area (Å²) in [5.74, 6) is 0.795. The van der Waals surface area contributed by atoms with E-state index in [4.69, 9.17) is 25.8 Å². The molecule has 2 aromatic carbocycles. The summed E-state index contributed by atoms with van der Waals surface area (Å²) in [6.45, 7) is 17.0. The quantitative estimate of drug-likeness (QED) is 0.349. The van der Waals surface area contributed by atoms with Gasteiger partial charge in [-0.05, 0) is 111 Å². The molecule has 4 heterocycles. The van der Waals surface area contributed by atoms with E-state index in [9.17, 15) is 13.2 Å². The summed E-state index contributed by atoms with van der Waals surface area (Å²) in [4.78, 5) is 21.4. The zero-order valence-electron chi connectivity index (χ0n) is 33.7. The van der Waals surface area contributed by atoms with Crippen LogP contribution in [0, 0.1) is 23.7 Å². The van der Waals surface area contributed by atoms with Crippen molar-refractivity contribution in [2.24, 2.45) is 23.7 Å². The number of anilines is 1. The van der Waals surface area contributed by atoms with Gasteiger partial charge in [0.15, 0.2) is 0 Å². The van der Waals surface area contributed by atoms with Gasteiger partial charge in [-0.15, -0.1) is 0 Å². The number of rotatable bonds is 5. The van der Waals surface area contributed by atoms with E-state index in [1.54, 1.807) is 13.0 Å². The van der Waals surface area contributed by atoms with Crippen molar-refractivity contribution in [2.45, 2.75) is 88.5 Å². The lowest BCUT2D eigenvalue weighted by molar-refractivity contribution is -0.130. The molecule has 7 atom stereocenters. The molecule has 10 nitrogen and oxygen atoms in total. The molecule has 1 N–H and O–H groups in total. The number of hydrogen-bond acceptors (Lipinski definition) is 9. The number of benzene rings is 2. The van der Waals surface area contributed by atoms with E-state index < -0.39 is 26.8 Å². The maximum Gasteiger partial charge on any atom is 0.264 e. The van der Waals surface area contributed by atoms with Gasteiger partial charge < -0.3 is 19.1 Å². The summed E-state index contributed by atoms with van der Waals surface area (Å²) < 4.78 is 49.9. The number of hydrogen-bond donors (Lipinski definition) is 1. The van der Waals surface area contributed by atoms with E-state index in [2.05, 4.69) is 57.6 Å². The summed E-state index contributed by atoms with van der Waals surface area (Å²) in [7, 11) is -3.97. The molecule has 0 unspecified atom stereocenters. The fraction of sp³-hybridized carbons (Fsp3) is 0.659. The number of carbonyl (C=O) groups excluding carboxylic acids is 1. The second-order valence-corrected chi connectivity index (χ2v) is 20.7. The van der Waals surface area contributed by atoms with E-state index in [-0.39, 0.29) is 17.3 Å². The Balaban J connectivity index is 1.21. The van der Waals surface area contributed by atoms with Gasteiger partial charge in [0, 0.05) is 67.9 Å². The van der Waals surface area contributed by atoms with Crippen LogP contribution in [0.25, 0.3) is 0 Å². The predicted octanol–water partition coefficient (Wildman–Crippen LogP) is 6.31. The van der Waals surface area contributed by atoms with Crippen LogP contribution in [0.3, 0.4) is 0 Å². The largest absolute Gasteiger partial charge is 0.490 e. The molecule has 2 saturated heterocycles. The Labute approximate surface area is 339 Å². The second-order valence-electron chi connectivity index (χ2n) is 18.2. The highest BCUT2D eigenvalue weighted by molar-refractivity contribution is 7.90. The van der Waals surface area contributed by atoms with E-state index in [1.165, 1.54) is 11.1 Å². The number of nitrogens with one attached hydrogen (secondary N) is 1. The molecule has 6 aliphatic rings. The van der Waals surface area contributed by atoms with Crippen molar-refractivity contribution in [2.75, 3.05) is 77.1 Å². The van der Waals surface area contributed by atoms with Gasteiger partial charge in [-0.25, -0.2) is 13.1 Å². The van der Waals surface area contributed by atoms with Crippen molar-refractivity contribution in [3.8, 4) is 5.75 Å². The molecule has 2 aliphatic carbocycles. The van der Waals surface area contributed by atoms with Crippen LogP contribution in [-0.2, 0) is 31.3 Å². The van der Waals surface area contributed by atoms with Crippen LogP contribution in [0.5, 0.6) is 5.75 Å². The predicted molar refractivity (Wildman–Crippen MR) is 221 cm³/mol. The molecule has 1 spiro atoms. The van der Waals surface area contributed by atoms with Crippen LogP contribution in [-0.4, -0.2) is 113 Å². The van der Waals surface area contributed by atoms with Crippen molar-refractivity contribution in [3.05, 3.63) is 70.3 Å². The van der Waals surface area contributed by atoms with Crippen LogP contribution in [0.4, 0.5) is 5.69 Å². The Morgan fingerprint density at radius 3 is 2.73 bits per heavy atom. The molecular formula is C44H61ClN4O6S. The first-order valence-corrected chi connectivity index (χ1v) is 23.0. The molecular weight excluding hydrogens is 748 g/mol. The van der Waals surface area contributed by atoms with E-state index in [0.717, 1.165) is 108 Å². The number of allylic oxidation sites excluding steroid dienone is 1. The Morgan fingerprint density at radius 2 is 1.93 bits per heavy atom. The second kappa shape index (κ2) is 16.2.